The van der Waals surface area contributed by atoms with E-state index in [4.69, 9.17) is 4.74 Å². The topological polar surface area (TPSA) is 9.23 Å². The van der Waals surface area contributed by atoms with Crippen LogP contribution >= 0.6 is 0 Å². The zero-order valence-corrected chi connectivity index (χ0v) is 7.81. The molecule has 0 aromatic rings. The minimum Gasteiger partial charge on any atom is -0.381 e. The van der Waals surface area contributed by atoms with Crippen molar-refractivity contribution in [2.45, 2.75) is 39.5 Å². The van der Waals surface area contributed by atoms with E-state index in [2.05, 4.69) is 13.8 Å². The molecule has 0 radical (unpaired) electrons. The first-order valence-electron chi connectivity index (χ1n) is 4.92. The summed E-state index contributed by atoms with van der Waals surface area (Å²) in [6.45, 7) is 6.67. The lowest BCUT2D eigenvalue weighted by atomic mass is 9.88. The first-order valence-corrected chi connectivity index (χ1v) is 4.92. The van der Waals surface area contributed by atoms with Crippen molar-refractivity contribution in [1.29, 1.82) is 0 Å². The van der Waals surface area contributed by atoms with Gasteiger partial charge in [-0.05, 0) is 5.92 Å². The Kier molecular flexibility index (Phi) is 3.92. The maximum Gasteiger partial charge on any atom is 0.0519 e. The highest BCUT2D eigenvalue weighted by Crippen LogP contribution is 2.24. The molecule has 1 aliphatic rings. The molecule has 1 heterocycles. The molecule has 1 aliphatic heterocycles. The molecule has 0 aliphatic carbocycles. The molecule has 0 bridgehead atoms. The molecule has 1 heteroatoms. The van der Waals surface area contributed by atoms with Crippen LogP contribution in [0.25, 0.3) is 0 Å². The summed E-state index contributed by atoms with van der Waals surface area (Å²) in [4.78, 5) is 0. The molecule has 11 heavy (non-hydrogen) atoms. The van der Waals surface area contributed by atoms with Crippen LogP contribution in [0.2, 0.25) is 0 Å². The summed E-state index contributed by atoms with van der Waals surface area (Å²) >= 11 is 0. The highest BCUT2D eigenvalue weighted by molar-refractivity contribution is 4.71. The van der Waals surface area contributed by atoms with Gasteiger partial charge in [-0.25, -0.2) is 0 Å². The molecule has 66 valence electrons. The lowest BCUT2D eigenvalue weighted by molar-refractivity contribution is -0.0588. The fourth-order valence-electron chi connectivity index (χ4n) is 1.53. The summed E-state index contributed by atoms with van der Waals surface area (Å²) in [5.41, 5.74) is 0. The molecule has 0 saturated carbocycles. The Bertz CT molecular complexity index is 97.0. The van der Waals surface area contributed by atoms with E-state index in [1.54, 1.807) is 0 Å². The highest BCUT2D eigenvalue weighted by Gasteiger charge is 2.23. The van der Waals surface area contributed by atoms with E-state index in [1.165, 1.54) is 25.7 Å². The van der Waals surface area contributed by atoms with Crippen LogP contribution in [0.1, 0.15) is 39.5 Å². The molecule has 0 spiro atoms. The van der Waals surface area contributed by atoms with Gasteiger partial charge in [-0.15, -0.1) is 0 Å². The number of hydrogen-bond acceptors (Lipinski definition) is 1. The van der Waals surface area contributed by atoms with E-state index >= 15 is 0 Å². The van der Waals surface area contributed by atoms with Crippen LogP contribution in [0, 0.1) is 11.8 Å². The maximum atomic E-state index is 5.16. The van der Waals surface area contributed by atoms with Crippen molar-refractivity contribution in [2.75, 3.05) is 13.2 Å². The van der Waals surface area contributed by atoms with Crippen molar-refractivity contribution >= 4 is 0 Å². The Labute approximate surface area is 70.1 Å². The van der Waals surface area contributed by atoms with Crippen LogP contribution in [0.15, 0.2) is 0 Å². The molecule has 1 saturated heterocycles. The zero-order chi connectivity index (χ0) is 8.10. The van der Waals surface area contributed by atoms with Crippen molar-refractivity contribution in [3.05, 3.63) is 0 Å². The maximum absolute atomic E-state index is 5.16. The van der Waals surface area contributed by atoms with Gasteiger partial charge in [-0.3, -0.25) is 0 Å². The second kappa shape index (κ2) is 4.76. The van der Waals surface area contributed by atoms with Gasteiger partial charge in [0.05, 0.1) is 13.2 Å². The van der Waals surface area contributed by atoms with Crippen LogP contribution in [-0.2, 0) is 4.74 Å². The van der Waals surface area contributed by atoms with E-state index < -0.39 is 0 Å². The highest BCUT2D eigenvalue weighted by atomic mass is 16.5. The van der Waals surface area contributed by atoms with Gasteiger partial charge in [0.1, 0.15) is 0 Å². The Morgan fingerprint density at radius 3 is 2.55 bits per heavy atom. The van der Waals surface area contributed by atoms with E-state index in [0.29, 0.717) is 0 Å². The number of rotatable bonds is 5. The monoisotopic (exact) mass is 156 g/mol. The predicted octanol–water partition coefficient (Wildman–Crippen LogP) is 2.85. The largest absolute Gasteiger partial charge is 0.381 e. The minimum absolute atomic E-state index is 0.881. The second-order valence-electron chi connectivity index (χ2n) is 3.77. The first kappa shape index (κ1) is 9.05. The van der Waals surface area contributed by atoms with E-state index in [9.17, 15) is 0 Å². The van der Waals surface area contributed by atoms with Gasteiger partial charge in [0.15, 0.2) is 0 Å². The molecule has 0 amide bonds. The summed E-state index contributed by atoms with van der Waals surface area (Å²) in [5.74, 6) is 1.78. The number of ether oxygens (including phenoxy) is 1. The van der Waals surface area contributed by atoms with E-state index in [-0.39, 0.29) is 0 Å². The summed E-state index contributed by atoms with van der Waals surface area (Å²) in [6, 6.07) is 0. The number of unbranched alkanes of at least 4 members (excludes halogenated alkanes) is 2. The molecule has 0 aromatic carbocycles. The van der Waals surface area contributed by atoms with E-state index in [0.717, 1.165) is 25.0 Å². The molecule has 1 atom stereocenters. The molecule has 1 nitrogen and oxygen atoms in total. The molecule has 1 fully saturated rings. The van der Waals surface area contributed by atoms with Gasteiger partial charge in [0, 0.05) is 5.92 Å². The lowest BCUT2D eigenvalue weighted by Crippen LogP contribution is -2.32. The van der Waals surface area contributed by atoms with Crippen molar-refractivity contribution in [2.24, 2.45) is 11.8 Å². The van der Waals surface area contributed by atoms with Crippen molar-refractivity contribution < 1.29 is 4.74 Å². The predicted molar refractivity (Wildman–Crippen MR) is 47.6 cm³/mol. The Morgan fingerprint density at radius 2 is 2.09 bits per heavy atom. The van der Waals surface area contributed by atoms with Crippen molar-refractivity contribution in [3.8, 4) is 0 Å². The lowest BCUT2D eigenvalue weighted by Gasteiger charge is -2.31. The van der Waals surface area contributed by atoms with Gasteiger partial charge in [-0.2, -0.15) is 0 Å². The van der Waals surface area contributed by atoms with Crippen LogP contribution in [0.4, 0.5) is 0 Å². The smallest absolute Gasteiger partial charge is 0.0519 e. The Morgan fingerprint density at radius 1 is 1.36 bits per heavy atom. The minimum atomic E-state index is 0.881. The third kappa shape index (κ3) is 2.82. The molecule has 0 N–H and O–H groups in total. The number of hydrogen-bond donors (Lipinski definition) is 0. The summed E-state index contributed by atoms with van der Waals surface area (Å²) in [7, 11) is 0. The van der Waals surface area contributed by atoms with Gasteiger partial charge in [0.2, 0.25) is 0 Å². The summed E-state index contributed by atoms with van der Waals surface area (Å²) < 4.78 is 5.16. The Hall–Kier alpha value is -0.0400. The molecular weight excluding hydrogens is 136 g/mol. The third-order valence-corrected chi connectivity index (χ3v) is 2.73. The normalized spacial score (nSPS) is 21.3. The SMILES string of the molecule is CCCCCC(C)C1COC1. The third-order valence-electron chi connectivity index (χ3n) is 2.73. The van der Waals surface area contributed by atoms with E-state index in [1.807, 2.05) is 0 Å². The fourth-order valence-corrected chi connectivity index (χ4v) is 1.53. The second-order valence-corrected chi connectivity index (χ2v) is 3.77. The standard InChI is InChI=1S/C10H20O/c1-3-4-5-6-9(2)10-7-11-8-10/h9-10H,3-8H2,1-2H3. The van der Waals surface area contributed by atoms with Gasteiger partial charge < -0.3 is 4.74 Å². The van der Waals surface area contributed by atoms with Crippen LogP contribution in [-0.4, -0.2) is 13.2 Å². The van der Waals surface area contributed by atoms with Gasteiger partial charge >= 0.3 is 0 Å². The Balaban J connectivity index is 1.96. The van der Waals surface area contributed by atoms with Crippen LogP contribution in [0.5, 0.6) is 0 Å². The first-order chi connectivity index (χ1) is 5.34. The molecular formula is C10H20O. The van der Waals surface area contributed by atoms with Crippen molar-refractivity contribution in [3.63, 3.8) is 0 Å². The van der Waals surface area contributed by atoms with Gasteiger partial charge in [0.25, 0.3) is 0 Å². The average Bonchev–Trinajstić information content (AvgIpc) is 1.84. The zero-order valence-electron chi connectivity index (χ0n) is 7.81. The molecule has 1 rings (SSSR count). The fraction of sp³-hybridized carbons (Fsp3) is 1.00. The summed E-state index contributed by atoms with van der Waals surface area (Å²) in [5, 5.41) is 0. The molecule has 0 aromatic heterocycles. The van der Waals surface area contributed by atoms with Gasteiger partial charge in [-0.1, -0.05) is 39.5 Å². The van der Waals surface area contributed by atoms with Crippen LogP contribution < -0.4 is 0 Å². The average molecular weight is 156 g/mol. The van der Waals surface area contributed by atoms with Crippen molar-refractivity contribution in [1.82, 2.24) is 0 Å². The van der Waals surface area contributed by atoms with Crippen LogP contribution in [0.3, 0.4) is 0 Å². The molecule has 1 unspecified atom stereocenters. The summed E-state index contributed by atoms with van der Waals surface area (Å²) in [6.07, 6.45) is 5.56. The quantitative estimate of drug-likeness (QED) is 0.556.